The van der Waals surface area contributed by atoms with Crippen LogP contribution in [0.2, 0.25) is 0 Å². The Kier molecular flexibility index (Phi) is 3.20. The Hall–Kier alpha value is -1.10. The molecule has 1 aromatic rings. The van der Waals surface area contributed by atoms with Gasteiger partial charge in [-0.15, -0.1) is 0 Å². The summed E-state index contributed by atoms with van der Waals surface area (Å²) >= 11 is 0. The normalized spacial score (nSPS) is 23.1. The third-order valence-corrected chi connectivity index (χ3v) is 3.06. The fraction of sp³-hybridized carbons (Fsp3) is 0.800. The van der Waals surface area contributed by atoms with Gasteiger partial charge in [-0.1, -0.05) is 18.5 Å². The summed E-state index contributed by atoms with van der Waals surface area (Å²) in [5.41, 5.74) is 5.40. The molecule has 0 bridgehead atoms. The lowest BCUT2D eigenvalue weighted by atomic mass is 9.99. The smallest absolute Gasteiger partial charge is 0.318 e. The summed E-state index contributed by atoms with van der Waals surface area (Å²) in [7, 11) is 0. The third-order valence-electron chi connectivity index (χ3n) is 3.06. The molecular formula is C10H18N4O. The van der Waals surface area contributed by atoms with E-state index in [0.717, 1.165) is 18.8 Å². The molecule has 0 amide bonds. The first-order valence-electron chi connectivity index (χ1n) is 5.61. The van der Waals surface area contributed by atoms with Gasteiger partial charge in [-0.25, -0.2) is 0 Å². The first-order valence-corrected chi connectivity index (χ1v) is 5.61. The minimum Gasteiger partial charge on any atom is -0.351 e. The van der Waals surface area contributed by atoms with Crippen LogP contribution >= 0.6 is 0 Å². The van der Waals surface area contributed by atoms with E-state index in [2.05, 4.69) is 22.0 Å². The van der Waals surface area contributed by atoms with Gasteiger partial charge in [0.25, 0.3) is 0 Å². The van der Waals surface area contributed by atoms with Gasteiger partial charge in [-0.2, -0.15) is 4.98 Å². The summed E-state index contributed by atoms with van der Waals surface area (Å²) in [4.78, 5) is 6.53. The number of piperidine rings is 1. The lowest BCUT2D eigenvalue weighted by molar-refractivity contribution is 0.153. The number of hydrogen-bond acceptors (Lipinski definition) is 5. The van der Waals surface area contributed by atoms with E-state index in [1.54, 1.807) is 0 Å². The molecule has 5 nitrogen and oxygen atoms in total. The number of aromatic nitrogens is 2. The Morgan fingerprint density at radius 2 is 2.40 bits per heavy atom. The van der Waals surface area contributed by atoms with Crippen molar-refractivity contribution in [3.63, 3.8) is 0 Å². The number of likely N-dealkylation sites (tertiary alicyclic amines) is 1. The molecule has 0 aromatic carbocycles. The van der Waals surface area contributed by atoms with Crippen molar-refractivity contribution in [3.8, 4) is 0 Å². The lowest BCUT2D eigenvalue weighted by Crippen LogP contribution is -2.40. The Bertz CT molecular complexity index is 312. The highest BCUT2D eigenvalue weighted by Crippen LogP contribution is 2.19. The van der Waals surface area contributed by atoms with E-state index in [-0.39, 0.29) is 6.01 Å². The van der Waals surface area contributed by atoms with E-state index in [0.29, 0.717) is 6.04 Å². The average molecular weight is 210 g/mol. The van der Waals surface area contributed by atoms with Crippen LogP contribution in [0, 0.1) is 0 Å². The molecule has 2 rings (SSSR count). The lowest BCUT2D eigenvalue weighted by Gasteiger charge is -2.34. The largest absolute Gasteiger partial charge is 0.351 e. The minimum atomic E-state index is 0.170. The summed E-state index contributed by atoms with van der Waals surface area (Å²) in [6.45, 7) is 4.48. The molecule has 0 saturated carbocycles. The summed E-state index contributed by atoms with van der Waals surface area (Å²) in [5, 5.41) is 3.84. The number of likely N-dealkylation sites (N-methyl/N-ethyl adjacent to an activating group) is 1. The zero-order valence-electron chi connectivity index (χ0n) is 9.15. The quantitative estimate of drug-likeness (QED) is 0.808. The van der Waals surface area contributed by atoms with Gasteiger partial charge in [0.2, 0.25) is 0 Å². The maximum atomic E-state index is 5.40. The summed E-state index contributed by atoms with van der Waals surface area (Å²) < 4.78 is 4.77. The average Bonchev–Trinajstić information content (AvgIpc) is 2.65. The number of nitrogen functional groups attached to an aromatic ring is 1. The van der Waals surface area contributed by atoms with Crippen LogP contribution in [0.15, 0.2) is 4.52 Å². The SMILES string of the molecule is CCN1CCCCC1Cc1noc(N)n1. The van der Waals surface area contributed by atoms with Crippen molar-refractivity contribution in [2.75, 3.05) is 18.8 Å². The van der Waals surface area contributed by atoms with Gasteiger partial charge in [0.15, 0.2) is 5.82 Å². The van der Waals surface area contributed by atoms with E-state index in [1.807, 2.05) is 0 Å². The molecule has 1 saturated heterocycles. The summed E-state index contributed by atoms with van der Waals surface area (Å²) in [6, 6.07) is 0.726. The van der Waals surface area contributed by atoms with Crippen LogP contribution in [-0.4, -0.2) is 34.2 Å². The maximum Gasteiger partial charge on any atom is 0.318 e. The van der Waals surface area contributed by atoms with Gasteiger partial charge < -0.3 is 15.2 Å². The molecule has 1 atom stereocenters. The molecule has 2 heterocycles. The Morgan fingerprint density at radius 1 is 1.53 bits per heavy atom. The van der Waals surface area contributed by atoms with E-state index >= 15 is 0 Å². The fourth-order valence-corrected chi connectivity index (χ4v) is 2.27. The van der Waals surface area contributed by atoms with E-state index in [9.17, 15) is 0 Å². The van der Waals surface area contributed by atoms with E-state index in [1.165, 1.54) is 25.8 Å². The number of rotatable bonds is 3. The van der Waals surface area contributed by atoms with Crippen LogP contribution in [0.1, 0.15) is 32.0 Å². The van der Waals surface area contributed by atoms with Crippen molar-refractivity contribution in [1.82, 2.24) is 15.0 Å². The molecule has 1 aromatic heterocycles. The Labute approximate surface area is 89.6 Å². The first kappa shape index (κ1) is 10.4. The van der Waals surface area contributed by atoms with Crippen molar-refractivity contribution in [1.29, 1.82) is 0 Å². The highest BCUT2D eigenvalue weighted by Gasteiger charge is 2.22. The number of hydrogen-bond donors (Lipinski definition) is 1. The monoisotopic (exact) mass is 210 g/mol. The first-order chi connectivity index (χ1) is 7.29. The zero-order chi connectivity index (χ0) is 10.7. The molecular weight excluding hydrogens is 192 g/mol. The Balaban J connectivity index is 1.97. The molecule has 0 aliphatic carbocycles. The van der Waals surface area contributed by atoms with Crippen LogP contribution < -0.4 is 5.73 Å². The van der Waals surface area contributed by atoms with Gasteiger partial charge in [-0.05, 0) is 25.9 Å². The van der Waals surface area contributed by atoms with Crippen molar-refractivity contribution < 1.29 is 4.52 Å². The molecule has 1 aliphatic rings. The van der Waals surface area contributed by atoms with Crippen LogP contribution in [0.3, 0.4) is 0 Å². The van der Waals surface area contributed by atoms with Crippen molar-refractivity contribution in [3.05, 3.63) is 5.82 Å². The van der Waals surface area contributed by atoms with Gasteiger partial charge >= 0.3 is 6.01 Å². The summed E-state index contributed by atoms with van der Waals surface area (Å²) in [5.74, 6) is 0.734. The summed E-state index contributed by atoms with van der Waals surface area (Å²) in [6.07, 6.45) is 4.68. The van der Waals surface area contributed by atoms with Crippen molar-refractivity contribution in [2.24, 2.45) is 0 Å². The number of anilines is 1. The number of nitrogens with zero attached hydrogens (tertiary/aromatic N) is 3. The molecule has 15 heavy (non-hydrogen) atoms. The molecule has 1 aliphatic heterocycles. The van der Waals surface area contributed by atoms with Gasteiger partial charge in [0, 0.05) is 12.5 Å². The van der Waals surface area contributed by atoms with Gasteiger partial charge in [-0.3, -0.25) is 0 Å². The Morgan fingerprint density at radius 3 is 3.07 bits per heavy atom. The maximum absolute atomic E-state index is 5.40. The van der Waals surface area contributed by atoms with Gasteiger partial charge in [0.1, 0.15) is 0 Å². The molecule has 2 N–H and O–H groups in total. The van der Waals surface area contributed by atoms with Crippen LogP contribution in [0.5, 0.6) is 0 Å². The third kappa shape index (κ3) is 2.47. The molecule has 0 radical (unpaired) electrons. The topological polar surface area (TPSA) is 68.2 Å². The molecule has 0 spiro atoms. The van der Waals surface area contributed by atoms with Gasteiger partial charge in [0.05, 0.1) is 0 Å². The van der Waals surface area contributed by atoms with Crippen LogP contribution in [-0.2, 0) is 6.42 Å². The highest BCUT2D eigenvalue weighted by molar-refractivity contribution is 5.08. The van der Waals surface area contributed by atoms with Crippen LogP contribution in [0.25, 0.3) is 0 Å². The van der Waals surface area contributed by atoms with Crippen molar-refractivity contribution >= 4 is 6.01 Å². The van der Waals surface area contributed by atoms with Crippen molar-refractivity contribution in [2.45, 2.75) is 38.6 Å². The second-order valence-corrected chi connectivity index (χ2v) is 4.03. The molecule has 84 valence electrons. The number of nitrogens with two attached hydrogens (primary N) is 1. The molecule has 1 unspecified atom stereocenters. The molecule has 5 heteroatoms. The van der Waals surface area contributed by atoms with E-state index in [4.69, 9.17) is 10.3 Å². The van der Waals surface area contributed by atoms with E-state index < -0.39 is 0 Å². The zero-order valence-corrected chi connectivity index (χ0v) is 9.15. The van der Waals surface area contributed by atoms with Crippen LogP contribution in [0.4, 0.5) is 6.01 Å². The highest BCUT2D eigenvalue weighted by atomic mass is 16.5. The second-order valence-electron chi connectivity index (χ2n) is 4.03. The second kappa shape index (κ2) is 4.61. The molecule has 1 fully saturated rings. The minimum absolute atomic E-state index is 0.170. The standard InChI is InChI=1S/C10H18N4O/c1-2-14-6-4-3-5-8(14)7-9-12-10(11)15-13-9/h8H,2-7H2,1H3,(H2,11,12,13). The predicted octanol–water partition coefficient (Wildman–Crippen LogP) is 1.07. The predicted molar refractivity (Wildman–Crippen MR) is 57.3 cm³/mol. The fourth-order valence-electron chi connectivity index (χ4n) is 2.27.